The van der Waals surface area contributed by atoms with Gasteiger partial charge in [0.25, 0.3) is 5.91 Å². The smallest absolute Gasteiger partial charge is 0.416 e. The minimum atomic E-state index is -4.35. The third-order valence-corrected chi connectivity index (χ3v) is 5.09. The first-order valence-corrected chi connectivity index (χ1v) is 10.2. The maximum Gasteiger partial charge on any atom is 0.416 e. The van der Waals surface area contributed by atoms with Crippen LogP contribution in [-0.2, 0) is 12.8 Å². The molecule has 1 heterocycles. The van der Waals surface area contributed by atoms with E-state index in [9.17, 15) is 18.0 Å². The Kier molecular flexibility index (Phi) is 6.77. The number of ether oxygens (including phenoxy) is 1. The Morgan fingerprint density at radius 3 is 2.37 bits per heavy atom. The van der Waals surface area contributed by atoms with E-state index in [0.29, 0.717) is 29.5 Å². The predicted molar refractivity (Wildman–Crippen MR) is 110 cm³/mol. The maximum atomic E-state index is 12.6. The van der Waals surface area contributed by atoms with E-state index in [1.807, 2.05) is 26.0 Å². The van der Waals surface area contributed by atoms with Gasteiger partial charge in [-0.15, -0.1) is 11.3 Å². The van der Waals surface area contributed by atoms with Crippen LogP contribution in [0, 0.1) is 5.92 Å². The van der Waals surface area contributed by atoms with E-state index in [-0.39, 0.29) is 12.5 Å². The van der Waals surface area contributed by atoms with Gasteiger partial charge in [0.1, 0.15) is 23.1 Å². The Balaban J connectivity index is 1.58. The molecule has 1 aromatic heterocycles. The van der Waals surface area contributed by atoms with Gasteiger partial charge in [0.05, 0.1) is 5.56 Å². The molecule has 0 aliphatic carbocycles. The molecule has 0 spiro atoms. The Morgan fingerprint density at radius 2 is 1.77 bits per heavy atom. The summed E-state index contributed by atoms with van der Waals surface area (Å²) >= 11 is 1.38. The lowest BCUT2D eigenvalue weighted by molar-refractivity contribution is -0.137. The lowest BCUT2D eigenvalue weighted by Gasteiger charge is -2.09. The summed E-state index contributed by atoms with van der Waals surface area (Å²) < 4.78 is 43.5. The maximum absolute atomic E-state index is 12.6. The largest absolute Gasteiger partial charge is 0.489 e. The summed E-state index contributed by atoms with van der Waals surface area (Å²) in [6.45, 7) is 4.80. The summed E-state index contributed by atoms with van der Waals surface area (Å²) in [5.41, 5.74) is 1.20. The highest BCUT2D eigenvalue weighted by molar-refractivity contribution is 7.13. The number of carbonyl (C=O) groups excluding carboxylic acids is 1. The second kappa shape index (κ2) is 9.30. The number of aromatic nitrogens is 1. The predicted octanol–water partition coefficient (Wildman–Crippen LogP) is 5.79. The molecule has 0 unspecified atom stereocenters. The van der Waals surface area contributed by atoms with Gasteiger partial charge in [-0.1, -0.05) is 26.0 Å². The van der Waals surface area contributed by atoms with Crippen LogP contribution in [0.3, 0.4) is 0 Å². The van der Waals surface area contributed by atoms with Crippen LogP contribution < -0.4 is 10.1 Å². The molecule has 158 valence electrons. The molecule has 0 radical (unpaired) electrons. The van der Waals surface area contributed by atoms with Crippen LogP contribution in [0.4, 0.5) is 13.2 Å². The van der Waals surface area contributed by atoms with Gasteiger partial charge in [0, 0.05) is 17.5 Å². The summed E-state index contributed by atoms with van der Waals surface area (Å²) in [6, 6.07) is 12.1. The number of hydrogen-bond donors (Lipinski definition) is 1. The van der Waals surface area contributed by atoms with Crippen molar-refractivity contribution in [3.05, 3.63) is 70.7 Å². The average Bonchev–Trinajstić information content (AvgIpc) is 3.21. The fourth-order valence-corrected chi connectivity index (χ4v) is 3.35. The Hall–Kier alpha value is -2.87. The van der Waals surface area contributed by atoms with Gasteiger partial charge in [-0.25, -0.2) is 4.98 Å². The molecule has 0 atom stereocenters. The Labute approximate surface area is 176 Å². The van der Waals surface area contributed by atoms with Crippen molar-refractivity contribution in [3.8, 4) is 16.3 Å². The summed E-state index contributed by atoms with van der Waals surface area (Å²) in [5, 5.41) is 5.28. The number of nitrogens with one attached hydrogen (secondary N) is 1. The molecule has 1 amide bonds. The Bertz CT molecular complexity index is 981. The number of benzene rings is 2. The zero-order valence-electron chi connectivity index (χ0n) is 16.5. The fraction of sp³-hybridized carbons (Fsp3) is 0.273. The van der Waals surface area contributed by atoms with E-state index < -0.39 is 11.7 Å². The van der Waals surface area contributed by atoms with E-state index in [1.54, 1.807) is 17.5 Å². The number of halogens is 3. The molecule has 4 nitrogen and oxygen atoms in total. The molecule has 0 saturated carbocycles. The van der Waals surface area contributed by atoms with Crippen molar-refractivity contribution >= 4 is 17.2 Å². The second-order valence-corrected chi connectivity index (χ2v) is 8.01. The molecule has 1 N–H and O–H groups in total. The normalized spacial score (nSPS) is 11.5. The van der Waals surface area contributed by atoms with Crippen LogP contribution >= 0.6 is 11.3 Å². The molecule has 0 saturated heterocycles. The van der Waals surface area contributed by atoms with Crippen LogP contribution in [0.1, 0.15) is 35.5 Å². The number of rotatable bonds is 7. The van der Waals surface area contributed by atoms with Crippen LogP contribution in [0.5, 0.6) is 5.75 Å². The van der Waals surface area contributed by atoms with Gasteiger partial charge >= 0.3 is 6.18 Å². The van der Waals surface area contributed by atoms with E-state index in [0.717, 1.165) is 22.7 Å². The minimum absolute atomic E-state index is 0.162. The van der Waals surface area contributed by atoms with E-state index in [1.165, 1.54) is 23.5 Å². The summed E-state index contributed by atoms with van der Waals surface area (Å²) in [6.07, 6.45) is -4.35. The molecule has 0 fully saturated rings. The van der Waals surface area contributed by atoms with Crippen LogP contribution in [0.2, 0.25) is 0 Å². The van der Waals surface area contributed by atoms with Crippen LogP contribution in [0.25, 0.3) is 10.6 Å². The van der Waals surface area contributed by atoms with E-state index in [4.69, 9.17) is 4.74 Å². The minimum Gasteiger partial charge on any atom is -0.489 e. The highest BCUT2D eigenvalue weighted by Gasteiger charge is 2.29. The average molecular weight is 434 g/mol. The van der Waals surface area contributed by atoms with Crippen molar-refractivity contribution in [2.24, 2.45) is 5.92 Å². The molecule has 3 aromatic rings. The molecule has 0 bridgehead atoms. The Morgan fingerprint density at radius 1 is 1.10 bits per heavy atom. The van der Waals surface area contributed by atoms with Crippen LogP contribution in [0.15, 0.2) is 53.9 Å². The number of alkyl halides is 3. The molecule has 30 heavy (non-hydrogen) atoms. The first kappa shape index (κ1) is 21.8. The lowest BCUT2D eigenvalue weighted by atomic mass is 10.1. The number of amides is 1. The monoisotopic (exact) mass is 434 g/mol. The van der Waals surface area contributed by atoms with Crippen molar-refractivity contribution in [2.45, 2.75) is 26.6 Å². The fourth-order valence-electron chi connectivity index (χ4n) is 2.55. The molecular formula is C22H21F3N2O2S. The highest BCUT2D eigenvalue weighted by atomic mass is 32.1. The number of nitrogens with zero attached hydrogens (tertiary/aromatic N) is 1. The van der Waals surface area contributed by atoms with Crippen molar-refractivity contribution in [1.29, 1.82) is 0 Å². The van der Waals surface area contributed by atoms with Crippen LogP contribution in [-0.4, -0.2) is 17.4 Å². The number of carbonyl (C=O) groups is 1. The third kappa shape index (κ3) is 5.82. The first-order valence-electron chi connectivity index (χ1n) is 9.35. The quantitative estimate of drug-likeness (QED) is 0.512. The molecular weight excluding hydrogens is 413 g/mol. The third-order valence-electron chi connectivity index (χ3n) is 4.20. The van der Waals surface area contributed by atoms with Crippen molar-refractivity contribution in [3.63, 3.8) is 0 Å². The van der Waals surface area contributed by atoms with Gasteiger partial charge in [-0.2, -0.15) is 13.2 Å². The zero-order valence-corrected chi connectivity index (χ0v) is 17.3. The lowest BCUT2D eigenvalue weighted by Crippen LogP contribution is -2.27. The highest BCUT2D eigenvalue weighted by Crippen LogP contribution is 2.29. The summed E-state index contributed by atoms with van der Waals surface area (Å²) in [5.74, 6) is 0.759. The van der Waals surface area contributed by atoms with Gasteiger partial charge in [0.2, 0.25) is 0 Å². The molecule has 8 heteroatoms. The SMILES string of the molecule is CC(C)CNC(=O)c1csc(-c2ccc(OCc3ccc(C(F)(F)F)cc3)cc2)n1. The molecule has 0 aliphatic rings. The first-order chi connectivity index (χ1) is 14.2. The number of hydrogen-bond acceptors (Lipinski definition) is 4. The van der Waals surface area contributed by atoms with Gasteiger partial charge in [-0.05, 0) is 47.9 Å². The van der Waals surface area contributed by atoms with Gasteiger partial charge < -0.3 is 10.1 Å². The second-order valence-electron chi connectivity index (χ2n) is 7.15. The van der Waals surface area contributed by atoms with Crippen molar-refractivity contribution in [2.75, 3.05) is 6.54 Å². The standard InChI is InChI=1S/C22H21F3N2O2S/c1-14(2)11-26-20(28)19-13-30-21(27-19)16-5-9-18(10-6-16)29-12-15-3-7-17(8-4-15)22(23,24)25/h3-10,13-14H,11-12H2,1-2H3,(H,26,28). The number of thiazole rings is 1. The summed E-state index contributed by atoms with van der Waals surface area (Å²) in [4.78, 5) is 16.5. The molecule has 2 aromatic carbocycles. The van der Waals surface area contributed by atoms with Crippen molar-refractivity contribution < 1.29 is 22.7 Å². The molecule has 3 rings (SSSR count). The molecule has 0 aliphatic heterocycles. The van der Waals surface area contributed by atoms with Gasteiger partial charge in [-0.3, -0.25) is 4.79 Å². The van der Waals surface area contributed by atoms with Crippen molar-refractivity contribution in [1.82, 2.24) is 10.3 Å². The van der Waals surface area contributed by atoms with E-state index >= 15 is 0 Å². The zero-order chi connectivity index (χ0) is 21.7. The van der Waals surface area contributed by atoms with E-state index in [2.05, 4.69) is 10.3 Å². The summed E-state index contributed by atoms with van der Waals surface area (Å²) in [7, 11) is 0. The van der Waals surface area contributed by atoms with Gasteiger partial charge in [0.15, 0.2) is 0 Å². The topological polar surface area (TPSA) is 51.2 Å².